The van der Waals surface area contributed by atoms with Crippen molar-refractivity contribution >= 4 is 29.0 Å². The van der Waals surface area contributed by atoms with Crippen LogP contribution in [0.1, 0.15) is 5.56 Å². The Bertz CT molecular complexity index is 867. The Morgan fingerprint density at radius 2 is 2.15 bits per heavy atom. The van der Waals surface area contributed by atoms with Gasteiger partial charge < -0.3 is 19.8 Å². The van der Waals surface area contributed by atoms with Gasteiger partial charge in [0.2, 0.25) is 5.84 Å². The summed E-state index contributed by atoms with van der Waals surface area (Å²) in [4.78, 5) is 21.1. The Morgan fingerprint density at radius 1 is 1.37 bits per heavy atom. The molecule has 1 aromatic heterocycles. The summed E-state index contributed by atoms with van der Waals surface area (Å²) in [5.74, 6) is 0.572. The molecule has 0 atom stereocenters. The van der Waals surface area contributed by atoms with E-state index in [1.165, 1.54) is 0 Å². The third kappa shape index (κ3) is 4.70. The molecule has 1 aliphatic heterocycles. The van der Waals surface area contributed by atoms with Crippen LogP contribution in [-0.2, 0) is 6.54 Å². The Balaban J connectivity index is 1.75. The van der Waals surface area contributed by atoms with Gasteiger partial charge in [0.15, 0.2) is 0 Å². The first-order valence-corrected chi connectivity index (χ1v) is 8.47. The van der Waals surface area contributed by atoms with Gasteiger partial charge in [-0.3, -0.25) is 4.99 Å². The molecule has 0 fully saturated rings. The molecule has 0 unspecified atom stereocenters. The molecule has 10 heteroatoms. The van der Waals surface area contributed by atoms with Crippen LogP contribution < -0.4 is 10.2 Å². The van der Waals surface area contributed by atoms with Crippen molar-refractivity contribution in [1.82, 2.24) is 9.88 Å². The van der Waals surface area contributed by atoms with Gasteiger partial charge >= 0.3 is 5.84 Å². The molecule has 2 aromatic rings. The summed E-state index contributed by atoms with van der Waals surface area (Å²) in [6.07, 6.45) is 1.64. The number of nitrogens with zero attached hydrogens (tertiary/aromatic N) is 5. The fraction of sp³-hybridized carbons (Fsp3) is 0.235. The number of rotatable bonds is 6. The summed E-state index contributed by atoms with van der Waals surface area (Å²) in [6, 6.07) is 10.4. The van der Waals surface area contributed by atoms with Crippen LogP contribution in [0.2, 0.25) is 5.15 Å². The second kappa shape index (κ2) is 8.45. The van der Waals surface area contributed by atoms with Crippen LogP contribution in [0.5, 0.6) is 5.75 Å². The molecule has 2 heterocycles. The van der Waals surface area contributed by atoms with Crippen LogP contribution in [-0.4, -0.2) is 46.7 Å². The van der Waals surface area contributed by atoms with Gasteiger partial charge in [0.05, 0.1) is 24.4 Å². The van der Waals surface area contributed by atoms with Crippen LogP contribution in [0.4, 0.5) is 5.69 Å². The van der Waals surface area contributed by atoms with Crippen molar-refractivity contribution in [3.8, 4) is 5.75 Å². The van der Waals surface area contributed by atoms with Crippen LogP contribution in [0.15, 0.2) is 52.7 Å². The molecule has 0 amide bonds. The van der Waals surface area contributed by atoms with E-state index >= 15 is 0 Å². The molecule has 0 saturated carbocycles. The minimum atomic E-state index is -0.548. The normalized spacial score (nSPS) is 14.1. The number of methoxy groups -OCH3 is 1. The van der Waals surface area contributed by atoms with Crippen molar-refractivity contribution in [2.24, 2.45) is 10.1 Å². The fourth-order valence-corrected chi connectivity index (χ4v) is 2.64. The number of nitro groups is 1. The Hall–Kier alpha value is -3.20. The maximum atomic E-state index is 11.5. The predicted molar refractivity (Wildman–Crippen MR) is 103 cm³/mol. The number of amidine groups is 2. The monoisotopic (exact) mass is 388 g/mol. The van der Waals surface area contributed by atoms with E-state index in [1.54, 1.807) is 48.5 Å². The van der Waals surface area contributed by atoms with Crippen molar-refractivity contribution in [2.75, 3.05) is 25.6 Å². The average molecular weight is 389 g/mol. The minimum absolute atomic E-state index is 0.232. The number of hydrogen-bond acceptors (Lipinski definition) is 8. The van der Waals surface area contributed by atoms with Gasteiger partial charge in [-0.05, 0) is 40.8 Å². The highest BCUT2D eigenvalue weighted by Crippen LogP contribution is 2.16. The molecule has 0 aliphatic carbocycles. The largest absolute Gasteiger partial charge is 0.497 e. The topological polar surface area (TPSA) is 105 Å². The van der Waals surface area contributed by atoms with E-state index in [0.717, 1.165) is 5.56 Å². The SMILES string of the molecule is COc1ccc(N/N=C(/C2=NCCN2Cc2ccc(Cl)nc2)[N+](=O)[O-])cc1. The van der Waals surface area contributed by atoms with E-state index in [2.05, 4.69) is 20.5 Å². The van der Waals surface area contributed by atoms with Gasteiger partial charge in [0.25, 0.3) is 0 Å². The molecular formula is C17H17ClN6O3. The van der Waals surface area contributed by atoms with Crippen molar-refractivity contribution in [1.29, 1.82) is 0 Å². The zero-order valence-electron chi connectivity index (χ0n) is 14.5. The average Bonchev–Trinajstić information content (AvgIpc) is 3.12. The highest BCUT2D eigenvalue weighted by atomic mass is 35.5. The summed E-state index contributed by atoms with van der Waals surface area (Å²) in [7, 11) is 1.56. The molecule has 9 nitrogen and oxygen atoms in total. The highest BCUT2D eigenvalue weighted by molar-refractivity contribution is 6.37. The van der Waals surface area contributed by atoms with Gasteiger partial charge in [0.1, 0.15) is 10.9 Å². The van der Waals surface area contributed by atoms with Gasteiger partial charge in [-0.1, -0.05) is 17.7 Å². The zero-order chi connectivity index (χ0) is 19.2. The van der Waals surface area contributed by atoms with Gasteiger partial charge in [-0.2, -0.15) is 5.43 Å². The first-order chi connectivity index (χ1) is 13.1. The number of aliphatic imine (C=N–C) groups is 1. The van der Waals surface area contributed by atoms with E-state index in [1.807, 2.05) is 6.07 Å². The fourth-order valence-electron chi connectivity index (χ4n) is 2.52. The molecule has 0 radical (unpaired) electrons. The maximum absolute atomic E-state index is 11.5. The molecule has 0 bridgehead atoms. The number of ether oxygens (including phenoxy) is 1. The van der Waals surface area contributed by atoms with E-state index in [9.17, 15) is 10.1 Å². The third-order valence-corrected chi connectivity index (χ3v) is 4.07. The lowest BCUT2D eigenvalue weighted by Crippen LogP contribution is -2.37. The first kappa shape index (κ1) is 18.6. The molecule has 140 valence electrons. The lowest BCUT2D eigenvalue weighted by molar-refractivity contribution is -0.346. The van der Waals surface area contributed by atoms with Crippen LogP contribution in [0, 0.1) is 10.1 Å². The third-order valence-electron chi connectivity index (χ3n) is 3.85. The highest BCUT2D eigenvalue weighted by Gasteiger charge is 2.31. The number of pyridine rings is 1. The summed E-state index contributed by atoms with van der Waals surface area (Å²) in [5.41, 5.74) is 4.17. The van der Waals surface area contributed by atoms with Crippen molar-refractivity contribution in [3.63, 3.8) is 0 Å². The lowest BCUT2D eigenvalue weighted by atomic mass is 10.2. The van der Waals surface area contributed by atoms with Crippen LogP contribution in [0.25, 0.3) is 0 Å². The van der Waals surface area contributed by atoms with Crippen molar-refractivity contribution < 1.29 is 9.66 Å². The van der Waals surface area contributed by atoms with E-state index in [4.69, 9.17) is 16.3 Å². The zero-order valence-corrected chi connectivity index (χ0v) is 15.3. The van der Waals surface area contributed by atoms with E-state index < -0.39 is 4.92 Å². The summed E-state index contributed by atoms with van der Waals surface area (Å²) in [5, 5.41) is 15.9. The summed E-state index contributed by atoms with van der Waals surface area (Å²) in [6.45, 7) is 1.46. The maximum Gasteiger partial charge on any atom is 0.430 e. The number of benzene rings is 1. The molecule has 1 N–H and O–H groups in total. The van der Waals surface area contributed by atoms with Gasteiger partial charge in [0, 0.05) is 19.3 Å². The predicted octanol–water partition coefficient (Wildman–Crippen LogP) is 2.66. The molecule has 0 spiro atoms. The lowest BCUT2D eigenvalue weighted by Gasteiger charge is -2.18. The number of halogens is 1. The molecule has 3 rings (SSSR count). The Labute approximate surface area is 160 Å². The minimum Gasteiger partial charge on any atom is -0.497 e. The standard InChI is InChI=1S/C17H17ClN6O3/c1-27-14-5-3-13(4-6-14)21-22-17(24(25)26)16-19-8-9-23(16)11-12-2-7-15(18)20-10-12/h2-7,10,21H,8-9,11H2,1H3/b22-17-. The van der Waals surface area contributed by atoms with E-state index in [-0.39, 0.29) is 11.7 Å². The second-order valence-corrected chi connectivity index (χ2v) is 6.04. The summed E-state index contributed by atoms with van der Waals surface area (Å²) < 4.78 is 5.08. The first-order valence-electron chi connectivity index (χ1n) is 8.09. The van der Waals surface area contributed by atoms with Gasteiger partial charge in [-0.15, -0.1) is 0 Å². The Morgan fingerprint density at radius 3 is 2.78 bits per heavy atom. The van der Waals surface area contributed by atoms with Crippen molar-refractivity contribution in [3.05, 3.63) is 63.4 Å². The Kier molecular flexibility index (Phi) is 5.82. The van der Waals surface area contributed by atoms with E-state index in [0.29, 0.717) is 36.2 Å². The smallest absolute Gasteiger partial charge is 0.430 e. The summed E-state index contributed by atoms with van der Waals surface area (Å²) >= 11 is 5.79. The second-order valence-electron chi connectivity index (χ2n) is 5.65. The number of hydrogen-bond donors (Lipinski definition) is 1. The van der Waals surface area contributed by atoms with Crippen LogP contribution in [0.3, 0.4) is 0 Å². The van der Waals surface area contributed by atoms with Crippen molar-refractivity contribution in [2.45, 2.75) is 6.54 Å². The molecule has 27 heavy (non-hydrogen) atoms. The number of nitrogens with one attached hydrogen (secondary N) is 1. The quantitative estimate of drug-likeness (QED) is 0.268. The molecule has 0 saturated heterocycles. The number of aromatic nitrogens is 1. The molecule has 1 aromatic carbocycles. The number of anilines is 1. The molecule has 1 aliphatic rings. The van der Waals surface area contributed by atoms with Gasteiger partial charge in [-0.25, -0.2) is 4.98 Å². The molecular weight excluding hydrogens is 372 g/mol. The van der Waals surface area contributed by atoms with Crippen LogP contribution >= 0.6 is 11.6 Å². The number of hydrazone groups is 1.